The summed E-state index contributed by atoms with van der Waals surface area (Å²) in [4.78, 5) is 22.8. The second-order valence-corrected chi connectivity index (χ2v) is 4.05. The van der Waals surface area contributed by atoms with Crippen molar-refractivity contribution in [2.75, 3.05) is 13.1 Å². The van der Waals surface area contributed by atoms with Crippen LogP contribution in [0.4, 0.5) is 0 Å². The average Bonchev–Trinajstić information content (AvgIpc) is 2.37. The molecular weight excluding hydrogens is 192 g/mol. The highest BCUT2D eigenvalue weighted by Gasteiger charge is 2.63. The molecule has 2 heterocycles. The van der Waals surface area contributed by atoms with Crippen LogP contribution in [0.15, 0.2) is 0 Å². The standard InChI is InChI=1S/C8H12N2O2.ClH/c1-7-3-9-4-8(7,2)6(12)10-5(7)11;/h9H,3-4H2,1-2H3,(H,10,11,12);1H. The number of rotatable bonds is 0. The van der Waals surface area contributed by atoms with Crippen LogP contribution in [0.5, 0.6) is 0 Å². The first kappa shape index (κ1) is 10.5. The van der Waals surface area contributed by atoms with Crippen molar-refractivity contribution in [1.82, 2.24) is 10.6 Å². The van der Waals surface area contributed by atoms with E-state index in [-0.39, 0.29) is 24.2 Å². The summed E-state index contributed by atoms with van der Waals surface area (Å²) in [6.45, 7) is 4.88. The maximum absolute atomic E-state index is 11.4. The molecule has 74 valence electrons. The van der Waals surface area contributed by atoms with E-state index in [9.17, 15) is 9.59 Å². The van der Waals surface area contributed by atoms with Gasteiger partial charge in [-0.05, 0) is 13.8 Å². The fraction of sp³-hybridized carbons (Fsp3) is 0.750. The fourth-order valence-electron chi connectivity index (χ4n) is 1.99. The molecule has 2 aliphatic rings. The van der Waals surface area contributed by atoms with Gasteiger partial charge in [-0.15, -0.1) is 12.4 Å². The molecule has 2 saturated heterocycles. The molecule has 0 radical (unpaired) electrons. The minimum absolute atomic E-state index is 0. The predicted molar refractivity (Wildman–Crippen MR) is 49.5 cm³/mol. The maximum atomic E-state index is 11.4. The highest BCUT2D eigenvalue weighted by Crippen LogP contribution is 2.46. The second-order valence-electron chi connectivity index (χ2n) is 4.05. The van der Waals surface area contributed by atoms with Gasteiger partial charge in [0.05, 0.1) is 10.8 Å². The molecule has 2 N–H and O–H groups in total. The molecule has 2 rings (SSSR count). The van der Waals surface area contributed by atoms with Crippen LogP contribution in [0.2, 0.25) is 0 Å². The minimum atomic E-state index is -0.538. The van der Waals surface area contributed by atoms with Crippen molar-refractivity contribution in [3.63, 3.8) is 0 Å². The van der Waals surface area contributed by atoms with Gasteiger partial charge in [0.2, 0.25) is 11.8 Å². The van der Waals surface area contributed by atoms with E-state index in [1.54, 1.807) is 0 Å². The third-order valence-electron chi connectivity index (χ3n) is 3.40. The summed E-state index contributed by atoms with van der Waals surface area (Å²) in [7, 11) is 0. The monoisotopic (exact) mass is 204 g/mol. The number of halogens is 1. The highest BCUT2D eigenvalue weighted by molar-refractivity contribution is 6.10. The molecule has 5 heteroatoms. The SMILES string of the molecule is CC12CNCC1(C)C(=O)NC2=O.Cl. The fourth-order valence-corrected chi connectivity index (χ4v) is 1.99. The van der Waals surface area contributed by atoms with Crippen LogP contribution in [0.3, 0.4) is 0 Å². The zero-order valence-electron chi connectivity index (χ0n) is 7.64. The van der Waals surface area contributed by atoms with E-state index >= 15 is 0 Å². The summed E-state index contributed by atoms with van der Waals surface area (Å²) >= 11 is 0. The lowest BCUT2D eigenvalue weighted by molar-refractivity contribution is -0.128. The lowest BCUT2D eigenvalue weighted by atomic mass is 9.70. The van der Waals surface area contributed by atoms with Gasteiger partial charge in [0.1, 0.15) is 0 Å². The van der Waals surface area contributed by atoms with E-state index < -0.39 is 10.8 Å². The Labute approximate surface area is 82.9 Å². The Morgan fingerprint density at radius 1 is 1.08 bits per heavy atom. The van der Waals surface area contributed by atoms with Gasteiger partial charge >= 0.3 is 0 Å². The zero-order valence-corrected chi connectivity index (χ0v) is 8.46. The summed E-state index contributed by atoms with van der Waals surface area (Å²) < 4.78 is 0. The minimum Gasteiger partial charge on any atom is -0.315 e. The van der Waals surface area contributed by atoms with Crippen molar-refractivity contribution in [2.24, 2.45) is 10.8 Å². The van der Waals surface area contributed by atoms with Gasteiger partial charge < -0.3 is 5.32 Å². The molecule has 0 aromatic rings. The maximum Gasteiger partial charge on any atom is 0.234 e. The first-order valence-electron chi connectivity index (χ1n) is 4.07. The molecule has 0 saturated carbocycles. The molecule has 0 aromatic carbocycles. The Morgan fingerprint density at radius 2 is 1.46 bits per heavy atom. The number of carbonyl (C=O) groups is 2. The van der Waals surface area contributed by atoms with Crippen molar-refractivity contribution < 1.29 is 9.59 Å². The molecule has 13 heavy (non-hydrogen) atoms. The molecule has 4 nitrogen and oxygen atoms in total. The molecule has 0 spiro atoms. The van der Waals surface area contributed by atoms with Crippen molar-refractivity contribution in [3.8, 4) is 0 Å². The smallest absolute Gasteiger partial charge is 0.234 e. The number of fused-ring (bicyclic) bond motifs is 1. The van der Waals surface area contributed by atoms with E-state index in [4.69, 9.17) is 0 Å². The number of hydrogen-bond acceptors (Lipinski definition) is 3. The van der Waals surface area contributed by atoms with Gasteiger partial charge in [0.15, 0.2) is 0 Å². The molecule has 0 bridgehead atoms. The number of amides is 2. The number of carbonyl (C=O) groups excluding carboxylic acids is 2. The Bertz CT molecular complexity index is 255. The summed E-state index contributed by atoms with van der Waals surface area (Å²) in [5.74, 6) is -0.278. The largest absolute Gasteiger partial charge is 0.315 e. The van der Waals surface area contributed by atoms with Crippen LogP contribution in [0.1, 0.15) is 13.8 Å². The van der Waals surface area contributed by atoms with Crippen molar-refractivity contribution in [3.05, 3.63) is 0 Å². The highest BCUT2D eigenvalue weighted by atomic mass is 35.5. The summed E-state index contributed by atoms with van der Waals surface area (Å²) in [5, 5.41) is 5.47. The lowest BCUT2D eigenvalue weighted by Crippen LogP contribution is -2.38. The molecule has 2 aliphatic heterocycles. The quantitative estimate of drug-likeness (QED) is 0.532. The summed E-state index contributed by atoms with van der Waals surface area (Å²) in [5.41, 5.74) is -1.08. The van der Waals surface area contributed by atoms with Crippen LogP contribution >= 0.6 is 12.4 Å². The normalized spacial score (nSPS) is 42.6. The summed E-state index contributed by atoms with van der Waals surface area (Å²) in [6, 6.07) is 0. The Morgan fingerprint density at radius 3 is 1.85 bits per heavy atom. The Kier molecular flexibility index (Phi) is 2.16. The van der Waals surface area contributed by atoms with Gasteiger partial charge in [-0.1, -0.05) is 0 Å². The van der Waals surface area contributed by atoms with Gasteiger partial charge in [-0.2, -0.15) is 0 Å². The number of imide groups is 1. The molecular formula is C8H13ClN2O2. The molecule has 0 aromatic heterocycles. The Balaban J connectivity index is 0.000000845. The van der Waals surface area contributed by atoms with E-state index in [0.717, 1.165) is 0 Å². The molecule has 2 atom stereocenters. The molecule has 0 aliphatic carbocycles. The van der Waals surface area contributed by atoms with Crippen LogP contribution in [-0.2, 0) is 9.59 Å². The van der Waals surface area contributed by atoms with Crippen molar-refractivity contribution in [1.29, 1.82) is 0 Å². The Hall–Kier alpha value is -0.610. The first-order valence-corrected chi connectivity index (χ1v) is 4.07. The third kappa shape index (κ3) is 0.957. The van der Waals surface area contributed by atoms with Crippen molar-refractivity contribution in [2.45, 2.75) is 13.8 Å². The zero-order chi connectivity index (χ0) is 8.98. The lowest BCUT2D eigenvalue weighted by Gasteiger charge is -2.26. The van der Waals surface area contributed by atoms with E-state index in [1.165, 1.54) is 0 Å². The topological polar surface area (TPSA) is 58.2 Å². The van der Waals surface area contributed by atoms with Gasteiger partial charge in [0.25, 0.3) is 0 Å². The van der Waals surface area contributed by atoms with Gasteiger partial charge in [-0.25, -0.2) is 0 Å². The second kappa shape index (κ2) is 2.69. The van der Waals surface area contributed by atoms with E-state index in [2.05, 4.69) is 10.6 Å². The molecule has 2 amide bonds. The first-order chi connectivity index (χ1) is 5.51. The predicted octanol–water partition coefficient (Wildman–Crippen LogP) is -0.320. The van der Waals surface area contributed by atoms with Crippen molar-refractivity contribution >= 4 is 24.2 Å². The van der Waals surface area contributed by atoms with E-state index in [0.29, 0.717) is 13.1 Å². The van der Waals surface area contributed by atoms with Crippen LogP contribution in [0.25, 0.3) is 0 Å². The van der Waals surface area contributed by atoms with Crippen LogP contribution in [-0.4, -0.2) is 24.9 Å². The van der Waals surface area contributed by atoms with Crippen LogP contribution < -0.4 is 10.6 Å². The number of nitrogens with one attached hydrogen (secondary N) is 2. The van der Waals surface area contributed by atoms with Gasteiger partial charge in [0, 0.05) is 13.1 Å². The van der Waals surface area contributed by atoms with Gasteiger partial charge in [-0.3, -0.25) is 14.9 Å². The van der Waals surface area contributed by atoms with E-state index in [1.807, 2.05) is 13.8 Å². The average molecular weight is 205 g/mol. The third-order valence-corrected chi connectivity index (χ3v) is 3.40. The molecule has 2 unspecified atom stereocenters. The molecule has 2 fully saturated rings. The van der Waals surface area contributed by atoms with Crippen LogP contribution in [0, 0.1) is 10.8 Å². The summed E-state index contributed by atoms with van der Waals surface area (Å²) in [6.07, 6.45) is 0. The number of hydrogen-bond donors (Lipinski definition) is 2.